The van der Waals surface area contributed by atoms with Crippen LogP contribution in [0.3, 0.4) is 0 Å². The summed E-state index contributed by atoms with van der Waals surface area (Å²) < 4.78 is 55.5. The fourth-order valence-electron chi connectivity index (χ4n) is 7.22. The van der Waals surface area contributed by atoms with Crippen LogP contribution in [-0.2, 0) is 26.5 Å². The molecule has 9 aromatic rings. The van der Waals surface area contributed by atoms with Gasteiger partial charge in [0.1, 0.15) is 5.82 Å². The van der Waals surface area contributed by atoms with E-state index in [9.17, 15) is 0 Å². The number of hydrogen-bond donors (Lipinski definition) is 0. The molecule has 9 rings (SSSR count). The monoisotopic (exact) mass is 886 g/mol. The third kappa shape index (κ3) is 6.13. The van der Waals surface area contributed by atoms with Crippen LogP contribution in [0, 0.1) is 32.3 Å². The summed E-state index contributed by atoms with van der Waals surface area (Å²) in [6, 6.07) is 39.0. The van der Waals surface area contributed by atoms with Crippen LogP contribution < -0.4 is 9.30 Å². The van der Waals surface area contributed by atoms with Crippen LogP contribution in [-0.4, -0.2) is 14.1 Å². The van der Waals surface area contributed by atoms with E-state index in [0.29, 0.717) is 28.4 Å². The Balaban J connectivity index is 0.00000484. The first-order valence-electron chi connectivity index (χ1n) is 20.1. The van der Waals surface area contributed by atoms with Crippen molar-refractivity contribution in [1.82, 2.24) is 14.1 Å². The Labute approximate surface area is 337 Å². The molecule has 0 saturated carbocycles. The molecule has 3 aromatic heterocycles. The molecule has 6 aromatic carbocycles. The van der Waals surface area contributed by atoms with Gasteiger partial charge in [0, 0.05) is 44.3 Å². The molecular formula is C48H38N4OPt-2. The first kappa shape index (κ1) is 29.7. The third-order valence-corrected chi connectivity index (χ3v) is 9.57. The van der Waals surface area contributed by atoms with Crippen molar-refractivity contribution in [1.29, 1.82) is 0 Å². The summed E-state index contributed by atoms with van der Waals surface area (Å²) in [6.45, 7) is 10.4. The number of rotatable bonds is 6. The minimum Gasteiger partial charge on any atom is -0.510 e. The van der Waals surface area contributed by atoms with Crippen molar-refractivity contribution in [3.63, 3.8) is 0 Å². The first-order chi connectivity index (χ1) is 27.8. The van der Waals surface area contributed by atoms with Crippen molar-refractivity contribution in [2.24, 2.45) is 0 Å². The average Bonchev–Trinajstić information content (AvgIpc) is 3.75. The molecule has 0 spiro atoms. The number of imidazole rings is 1. The van der Waals surface area contributed by atoms with Crippen LogP contribution >= 0.6 is 0 Å². The minimum atomic E-state index is -0.431. The summed E-state index contributed by atoms with van der Waals surface area (Å²) >= 11 is 0. The van der Waals surface area contributed by atoms with E-state index in [1.54, 1.807) is 0 Å². The average molecular weight is 887 g/mol. The van der Waals surface area contributed by atoms with Crippen molar-refractivity contribution in [3.05, 3.63) is 175 Å². The smallest absolute Gasteiger partial charge is 0.268 e. The van der Waals surface area contributed by atoms with E-state index in [4.69, 9.17) is 16.6 Å². The van der Waals surface area contributed by atoms with E-state index >= 15 is 0 Å². The number of benzene rings is 6. The molecule has 0 saturated heterocycles. The van der Waals surface area contributed by atoms with Gasteiger partial charge in [-0.15, -0.1) is 29.7 Å². The van der Waals surface area contributed by atoms with Gasteiger partial charge in [0.05, 0.1) is 23.6 Å². The van der Waals surface area contributed by atoms with Gasteiger partial charge in [-0.2, -0.15) is 18.2 Å². The Morgan fingerprint density at radius 2 is 1.50 bits per heavy atom. The summed E-state index contributed by atoms with van der Waals surface area (Å²) in [7, 11) is 0. The molecule has 54 heavy (non-hydrogen) atoms. The number of aryl methyl sites for hydroxylation is 2. The predicted octanol–water partition coefficient (Wildman–Crippen LogP) is 11.2. The fraction of sp³-hybridized carbons (Fsp3) is 0.125. The van der Waals surface area contributed by atoms with Gasteiger partial charge in [-0.1, -0.05) is 123 Å². The second-order valence-electron chi connectivity index (χ2n) is 14.3. The van der Waals surface area contributed by atoms with Crippen LogP contribution in [0.15, 0.2) is 140 Å². The quantitative estimate of drug-likeness (QED) is 0.123. The maximum absolute atomic E-state index is 8.90. The van der Waals surface area contributed by atoms with Crippen LogP contribution in [0.1, 0.15) is 44.3 Å². The Morgan fingerprint density at radius 1 is 0.759 bits per heavy atom. The normalized spacial score (nSPS) is 12.9. The van der Waals surface area contributed by atoms with E-state index in [1.165, 1.54) is 0 Å². The van der Waals surface area contributed by atoms with Gasteiger partial charge in [0.25, 0.3) is 6.33 Å². The Bertz CT molecular complexity index is 3100. The molecule has 0 aliphatic rings. The molecule has 0 fully saturated rings. The van der Waals surface area contributed by atoms with E-state index in [2.05, 4.69) is 75.0 Å². The van der Waals surface area contributed by atoms with Gasteiger partial charge in [-0.3, -0.25) is 4.57 Å². The molecule has 5 nitrogen and oxygen atoms in total. The first-order valence-corrected chi connectivity index (χ1v) is 17.6. The number of nitrogens with zero attached hydrogens (tertiary/aromatic N) is 4. The maximum atomic E-state index is 8.90. The summed E-state index contributed by atoms with van der Waals surface area (Å²) in [5, 5.41) is 2.14. The maximum Gasteiger partial charge on any atom is 0.268 e. The zero-order chi connectivity index (χ0) is 40.6. The molecule has 0 atom stereocenters. The summed E-state index contributed by atoms with van der Waals surface area (Å²) in [6.07, 6.45) is 5.45. The molecule has 0 N–H and O–H groups in total. The van der Waals surface area contributed by atoms with Gasteiger partial charge >= 0.3 is 0 Å². The molecule has 0 bridgehead atoms. The van der Waals surface area contributed by atoms with Gasteiger partial charge in [0.15, 0.2) is 0 Å². The predicted molar refractivity (Wildman–Crippen MR) is 214 cm³/mol. The topological polar surface area (TPSA) is 35.9 Å². The number of ether oxygens (including phenoxy) is 1. The fourth-order valence-corrected chi connectivity index (χ4v) is 7.22. The summed E-state index contributed by atoms with van der Waals surface area (Å²) in [4.78, 5) is 4.83. The van der Waals surface area contributed by atoms with Crippen molar-refractivity contribution in [3.8, 4) is 39.8 Å². The molecule has 0 radical (unpaired) electrons. The standard InChI is InChI=1S/C48H38N4O.Pt/c1-32-27-33(2)47(49-30-32)52-42-22-10-9-19-39(42)40-26-25-37(29-45(40)52)53-36-18-13-17-35(28-36)50-31-51(44-24-12-11-23-43(44)50)46-38(34-15-7-6-8-16-34)20-14-21-41(46)48(3,4)5;/h6-27,30H,1-5H3;/q-2;/i6D,7D,8D,15D,16D;. The van der Waals surface area contributed by atoms with E-state index in [-0.39, 0.29) is 56.2 Å². The zero-order valence-corrected chi connectivity index (χ0v) is 32.7. The Hall–Kier alpha value is -5.77. The number of hydrogen-bond acceptors (Lipinski definition) is 2. The molecule has 3 heterocycles. The van der Waals surface area contributed by atoms with Crippen molar-refractivity contribution in [2.75, 3.05) is 0 Å². The van der Waals surface area contributed by atoms with Crippen molar-refractivity contribution in [2.45, 2.75) is 40.0 Å². The molecule has 0 aliphatic heterocycles. The van der Waals surface area contributed by atoms with E-state index in [0.717, 1.165) is 55.3 Å². The van der Waals surface area contributed by atoms with Crippen LogP contribution in [0.5, 0.6) is 11.5 Å². The second-order valence-corrected chi connectivity index (χ2v) is 14.3. The Kier molecular flexibility index (Phi) is 7.63. The van der Waals surface area contributed by atoms with E-state index < -0.39 is 6.04 Å². The molecular weight excluding hydrogens is 844 g/mol. The number of aromatic nitrogens is 4. The summed E-state index contributed by atoms with van der Waals surface area (Å²) in [5.74, 6) is 1.84. The van der Waals surface area contributed by atoms with Crippen LogP contribution in [0.25, 0.3) is 61.2 Å². The van der Waals surface area contributed by atoms with Gasteiger partial charge in [-0.25, -0.2) is 4.98 Å². The molecule has 6 heteroatoms. The number of pyridine rings is 1. The van der Waals surface area contributed by atoms with Gasteiger partial charge in [0.2, 0.25) is 0 Å². The van der Waals surface area contributed by atoms with Crippen LogP contribution in [0.4, 0.5) is 0 Å². The third-order valence-electron chi connectivity index (χ3n) is 9.57. The van der Waals surface area contributed by atoms with Gasteiger partial charge < -0.3 is 13.9 Å². The zero-order valence-electron chi connectivity index (χ0n) is 35.4. The van der Waals surface area contributed by atoms with Gasteiger partial charge in [-0.05, 0) is 64.2 Å². The van der Waals surface area contributed by atoms with Crippen molar-refractivity contribution >= 4 is 32.8 Å². The molecule has 0 amide bonds. The minimum absolute atomic E-state index is 0. The van der Waals surface area contributed by atoms with Crippen LogP contribution in [0.2, 0.25) is 0 Å². The van der Waals surface area contributed by atoms with E-state index in [1.807, 2.05) is 101 Å². The molecule has 0 aliphatic carbocycles. The molecule has 268 valence electrons. The SMILES string of the molecule is [2H]c1c([2H])c([2H])c(-c2cccc(C(C)(C)C)c2-[n+]2[c-]n(-c3[c-]c(Oc4[c-]c5c(cc4)c4ccccc4n5-c4ncc(C)cc4C)ccc3)c3ccccc32)c([2H])c1[2H].[Pt]. The van der Waals surface area contributed by atoms with Crippen molar-refractivity contribution < 1.29 is 37.2 Å². The summed E-state index contributed by atoms with van der Waals surface area (Å²) in [5.41, 5.74) is 8.18. The number of para-hydroxylation sites is 4. The largest absolute Gasteiger partial charge is 0.510 e. The molecule has 0 unspecified atom stereocenters. The second kappa shape index (κ2) is 13.9. The number of fused-ring (bicyclic) bond motifs is 4. The Morgan fingerprint density at radius 3 is 2.30 bits per heavy atom.